The topological polar surface area (TPSA) is 83.5 Å². The molecule has 0 spiro atoms. The summed E-state index contributed by atoms with van der Waals surface area (Å²) in [7, 11) is -1.41. The lowest BCUT2D eigenvalue weighted by Gasteiger charge is -2.25. The Morgan fingerprint density at radius 2 is 2.04 bits per heavy atom. The Morgan fingerprint density at radius 1 is 1.26 bits per heavy atom. The number of hydrogen-bond acceptors (Lipinski definition) is 6. The van der Waals surface area contributed by atoms with Gasteiger partial charge in [0, 0.05) is 30.9 Å². The number of hydrogen-bond donors (Lipinski definition) is 0. The molecule has 4 rings (SSSR count). The number of rotatable bonds is 3. The molecule has 27 heavy (non-hydrogen) atoms. The van der Waals surface area contributed by atoms with Crippen LogP contribution in [-0.2, 0) is 16.3 Å². The number of amides is 1. The summed E-state index contributed by atoms with van der Waals surface area (Å²) >= 11 is 0. The fourth-order valence-corrected chi connectivity index (χ4v) is 5.71. The van der Waals surface area contributed by atoms with E-state index in [2.05, 4.69) is 33.9 Å². The first-order valence-corrected chi connectivity index (χ1v) is 10.8. The van der Waals surface area contributed by atoms with E-state index >= 15 is 0 Å². The molecular weight excluding hydrogens is 364 g/mol. The van der Waals surface area contributed by atoms with Gasteiger partial charge in [-0.2, -0.15) is 0 Å². The molecule has 7 nitrogen and oxygen atoms in total. The van der Waals surface area contributed by atoms with Crippen LogP contribution < -0.4 is 4.90 Å². The molecule has 1 aromatic carbocycles. The van der Waals surface area contributed by atoms with Crippen molar-refractivity contribution in [1.29, 1.82) is 0 Å². The Balaban J connectivity index is 1.61. The highest BCUT2D eigenvalue weighted by Crippen LogP contribution is 2.37. The summed E-state index contributed by atoms with van der Waals surface area (Å²) in [6.45, 7) is 2.12. The third kappa shape index (κ3) is 3.29. The van der Waals surface area contributed by atoms with Gasteiger partial charge in [-0.1, -0.05) is 18.2 Å². The van der Waals surface area contributed by atoms with Gasteiger partial charge in [-0.05, 0) is 31.4 Å². The zero-order chi connectivity index (χ0) is 19.2. The zero-order valence-electron chi connectivity index (χ0n) is 15.4. The third-order valence-electron chi connectivity index (χ3n) is 5.40. The van der Waals surface area contributed by atoms with Gasteiger partial charge in [0.15, 0.2) is 9.84 Å². The van der Waals surface area contributed by atoms with Crippen LogP contribution in [0.1, 0.15) is 29.4 Å². The van der Waals surface area contributed by atoms with Crippen LogP contribution in [0.2, 0.25) is 0 Å². The van der Waals surface area contributed by atoms with Crippen LogP contribution in [0.5, 0.6) is 0 Å². The summed E-state index contributed by atoms with van der Waals surface area (Å²) in [6.07, 6.45) is 2.79. The zero-order valence-corrected chi connectivity index (χ0v) is 16.2. The number of carbonyl (C=O) groups excluding carboxylic acids is 1. The molecule has 2 aliphatic rings. The van der Waals surface area contributed by atoms with Crippen molar-refractivity contribution < 1.29 is 13.2 Å². The minimum Gasteiger partial charge on any atom is -0.336 e. The van der Waals surface area contributed by atoms with Gasteiger partial charge in [-0.3, -0.25) is 4.79 Å². The highest BCUT2D eigenvalue weighted by molar-refractivity contribution is 7.91. The van der Waals surface area contributed by atoms with Crippen molar-refractivity contribution >= 4 is 27.2 Å². The molecule has 2 atom stereocenters. The Kier molecular flexibility index (Phi) is 4.38. The molecule has 2 unspecified atom stereocenters. The van der Waals surface area contributed by atoms with Crippen molar-refractivity contribution in [1.82, 2.24) is 14.9 Å². The third-order valence-corrected chi connectivity index (χ3v) is 7.15. The van der Waals surface area contributed by atoms with Gasteiger partial charge < -0.3 is 9.80 Å². The van der Waals surface area contributed by atoms with Crippen LogP contribution in [0.15, 0.2) is 36.7 Å². The molecule has 142 valence electrons. The number of anilines is 2. The van der Waals surface area contributed by atoms with Gasteiger partial charge in [-0.15, -0.1) is 0 Å². The lowest BCUT2D eigenvalue weighted by atomic mass is 10.1. The fourth-order valence-electron chi connectivity index (χ4n) is 3.94. The van der Waals surface area contributed by atoms with Crippen LogP contribution >= 0.6 is 0 Å². The van der Waals surface area contributed by atoms with Gasteiger partial charge in [0.05, 0.1) is 11.5 Å². The number of nitrogens with zero attached hydrogens (tertiary/aromatic N) is 4. The van der Waals surface area contributed by atoms with E-state index in [1.54, 1.807) is 13.1 Å². The predicted molar refractivity (Wildman–Crippen MR) is 103 cm³/mol. The molecule has 0 N–H and O–H groups in total. The monoisotopic (exact) mass is 386 g/mol. The molecule has 2 aromatic rings. The Labute approximate surface area is 159 Å². The van der Waals surface area contributed by atoms with Crippen molar-refractivity contribution in [3.05, 3.63) is 47.9 Å². The quantitative estimate of drug-likeness (QED) is 0.800. The Bertz CT molecular complexity index is 992. The lowest BCUT2D eigenvalue weighted by Crippen LogP contribution is -2.38. The van der Waals surface area contributed by atoms with Crippen LogP contribution in [0.25, 0.3) is 0 Å². The molecule has 1 fully saturated rings. The van der Waals surface area contributed by atoms with Crippen molar-refractivity contribution in [2.24, 2.45) is 0 Å². The SMILES string of the molecule is CC1Cc2ccccc2N1c1cc(C(=O)N(C)C2CCS(=O)(=O)C2)ncn1. The number of para-hydroxylation sites is 1. The summed E-state index contributed by atoms with van der Waals surface area (Å²) in [6, 6.07) is 9.80. The lowest BCUT2D eigenvalue weighted by molar-refractivity contribution is 0.0741. The van der Waals surface area contributed by atoms with E-state index in [1.807, 2.05) is 12.1 Å². The van der Waals surface area contributed by atoms with Crippen LogP contribution in [-0.4, -0.2) is 59.8 Å². The standard InChI is InChI=1S/C19H22N4O3S/c1-13-9-14-5-3-4-6-17(14)23(13)18-10-16(20-12-21-18)19(24)22(2)15-7-8-27(25,26)11-15/h3-6,10,12-13,15H,7-9,11H2,1-2H3. The van der Waals surface area contributed by atoms with E-state index in [9.17, 15) is 13.2 Å². The van der Waals surface area contributed by atoms with Gasteiger partial charge in [-0.25, -0.2) is 18.4 Å². The summed E-state index contributed by atoms with van der Waals surface area (Å²) in [4.78, 5) is 25.0. The number of benzene rings is 1. The molecule has 3 heterocycles. The normalized spacial score (nSPS) is 23.3. The second-order valence-corrected chi connectivity index (χ2v) is 9.51. The molecule has 2 aliphatic heterocycles. The predicted octanol–water partition coefficient (Wildman–Crippen LogP) is 1.82. The number of sulfone groups is 1. The molecule has 8 heteroatoms. The maximum absolute atomic E-state index is 12.9. The number of fused-ring (bicyclic) bond motifs is 1. The van der Waals surface area contributed by atoms with E-state index in [0.717, 1.165) is 12.1 Å². The van der Waals surface area contributed by atoms with Crippen molar-refractivity contribution in [2.75, 3.05) is 23.5 Å². The van der Waals surface area contributed by atoms with E-state index in [0.29, 0.717) is 12.2 Å². The van der Waals surface area contributed by atoms with E-state index in [-0.39, 0.29) is 35.2 Å². The first kappa shape index (κ1) is 17.9. The summed E-state index contributed by atoms with van der Waals surface area (Å²) in [5.74, 6) is 0.551. The van der Waals surface area contributed by atoms with Gasteiger partial charge in [0.2, 0.25) is 0 Å². The van der Waals surface area contributed by atoms with Gasteiger partial charge >= 0.3 is 0 Å². The first-order chi connectivity index (χ1) is 12.9. The molecule has 0 radical (unpaired) electrons. The highest BCUT2D eigenvalue weighted by atomic mass is 32.2. The van der Waals surface area contributed by atoms with Crippen molar-refractivity contribution in [3.8, 4) is 0 Å². The van der Waals surface area contributed by atoms with E-state index < -0.39 is 9.84 Å². The molecule has 0 aliphatic carbocycles. The maximum Gasteiger partial charge on any atom is 0.272 e. The summed E-state index contributed by atoms with van der Waals surface area (Å²) in [5.41, 5.74) is 2.63. The van der Waals surface area contributed by atoms with Crippen LogP contribution in [0, 0.1) is 0 Å². The first-order valence-electron chi connectivity index (χ1n) is 9.02. The molecule has 1 aromatic heterocycles. The maximum atomic E-state index is 12.9. The van der Waals surface area contributed by atoms with Gasteiger partial charge in [0.1, 0.15) is 17.8 Å². The Hall–Kier alpha value is -2.48. The largest absolute Gasteiger partial charge is 0.336 e. The molecular formula is C19H22N4O3S. The molecule has 1 amide bonds. The van der Waals surface area contributed by atoms with Gasteiger partial charge in [0.25, 0.3) is 5.91 Å². The van der Waals surface area contributed by atoms with Crippen LogP contribution in [0.3, 0.4) is 0 Å². The molecule has 0 saturated carbocycles. The van der Waals surface area contributed by atoms with Crippen LogP contribution in [0.4, 0.5) is 11.5 Å². The second kappa shape index (κ2) is 6.60. The van der Waals surface area contributed by atoms with E-state index in [1.165, 1.54) is 16.8 Å². The average molecular weight is 386 g/mol. The summed E-state index contributed by atoms with van der Waals surface area (Å²) < 4.78 is 23.4. The molecule has 1 saturated heterocycles. The second-order valence-electron chi connectivity index (χ2n) is 7.29. The highest BCUT2D eigenvalue weighted by Gasteiger charge is 2.34. The van der Waals surface area contributed by atoms with Crippen molar-refractivity contribution in [3.63, 3.8) is 0 Å². The Morgan fingerprint density at radius 3 is 2.78 bits per heavy atom. The number of carbonyl (C=O) groups is 1. The fraction of sp³-hybridized carbons (Fsp3) is 0.421. The minimum absolute atomic E-state index is 0.0176. The summed E-state index contributed by atoms with van der Waals surface area (Å²) in [5, 5.41) is 0. The molecule has 0 bridgehead atoms. The number of aromatic nitrogens is 2. The van der Waals surface area contributed by atoms with Crippen molar-refractivity contribution in [2.45, 2.75) is 31.8 Å². The van der Waals surface area contributed by atoms with E-state index in [4.69, 9.17) is 0 Å². The minimum atomic E-state index is -3.05. The smallest absolute Gasteiger partial charge is 0.272 e. The average Bonchev–Trinajstić information content (AvgIpc) is 3.18.